The molecule has 0 aromatic carbocycles. The minimum absolute atomic E-state index is 0.0383. The number of carbonyl (C=O) groups is 2. The van der Waals surface area contributed by atoms with E-state index in [1.165, 1.54) is 12.8 Å². The molecule has 1 aliphatic heterocycles. The minimum Gasteiger partial charge on any atom is -0.463 e. The largest absolute Gasteiger partial charge is 0.463 e. The molecule has 1 atom stereocenters. The highest BCUT2D eigenvalue weighted by Gasteiger charge is 2.48. The molecule has 0 unspecified atom stereocenters. The number of aromatic nitrogens is 1. The van der Waals surface area contributed by atoms with Crippen LogP contribution < -0.4 is 5.32 Å². The van der Waals surface area contributed by atoms with Crippen molar-refractivity contribution in [1.29, 1.82) is 0 Å². The maximum absolute atomic E-state index is 13.6. The third-order valence-electron chi connectivity index (χ3n) is 6.70. The molecule has 0 bridgehead atoms. The topological polar surface area (TPSA) is 67.5 Å². The molecule has 162 valence electrons. The lowest BCUT2D eigenvalue weighted by Gasteiger charge is -2.45. The van der Waals surface area contributed by atoms with Crippen LogP contribution in [-0.2, 0) is 11.3 Å². The highest BCUT2D eigenvalue weighted by atomic mass is 16.3. The van der Waals surface area contributed by atoms with Crippen LogP contribution in [0.15, 0.2) is 34.9 Å². The van der Waals surface area contributed by atoms with E-state index in [4.69, 9.17) is 4.42 Å². The van der Waals surface area contributed by atoms with Crippen molar-refractivity contribution in [2.24, 2.45) is 0 Å². The molecule has 0 saturated heterocycles. The first kappa shape index (κ1) is 20.8. The maximum atomic E-state index is 13.6. The molecule has 2 amide bonds. The summed E-state index contributed by atoms with van der Waals surface area (Å²) in [7, 11) is 0. The van der Waals surface area contributed by atoms with Crippen molar-refractivity contribution in [1.82, 2.24) is 14.8 Å². The van der Waals surface area contributed by atoms with Gasteiger partial charge in [0, 0.05) is 12.6 Å². The van der Waals surface area contributed by atoms with E-state index in [1.807, 2.05) is 35.8 Å². The smallest absolute Gasteiger partial charge is 0.271 e. The fraction of sp³-hybridized carbons (Fsp3) is 0.583. The first-order valence-corrected chi connectivity index (χ1v) is 11.4. The Bertz CT molecular complexity index is 878. The SMILES string of the molecule is CCCCN1C(=O)c2ccc(-c3ccco3)n2C[C@]1(C)C(=O)NC1CCCCCC1. The lowest BCUT2D eigenvalue weighted by Crippen LogP contribution is -2.65. The van der Waals surface area contributed by atoms with Gasteiger partial charge in [0.2, 0.25) is 5.91 Å². The number of hydrogen-bond donors (Lipinski definition) is 1. The van der Waals surface area contributed by atoms with Gasteiger partial charge in [-0.3, -0.25) is 9.59 Å². The Labute approximate surface area is 178 Å². The monoisotopic (exact) mass is 411 g/mol. The van der Waals surface area contributed by atoms with Crippen LogP contribution in [0.3, 0.4) is 0 Å². The van der Waals surface area contributed by atoms with Gasteiger partial charge in [-0.2, -0.15) is 0 Å². The molecule has 0 radical (unpaired) electrons. The highest BCUT2D eigenvalue weighted by Crippen LogP contribution is 2.34. The van der Waals surface area contributed by atoms with E-state index >= 15 is 0 Å². The third-order valence-corrected chi connectivity index (χ3v) is 6.70. The number of furan rings is 1. The Morgan fingerprint density at radius 2 is 1.90 bits per heavy atom. The van der Waals surface area contributed by atoms with Crippen molar-refractivity contribution in [3.05, 3.63) is 36.2 Å². The highest BCUT2D eigenvalue weighted by molar-refractivity contribution is 6.00. The van der Waals surface area contributed by atoms with Gasteiger partial charge in [0.05, 0.1) is 18.5 Å². The molecule has 6 heteroatoms. The Kier molecular flexibility index (Phi) is 6.02. The number of amides is 2. The molecule has 1 aliphatic carbocycles. The molecular weight excluding hydrogens is 378 g/mol. The third kappa shape index (κ3) is 3.80. The van der Waals surface area contributed by atoms with E-state index in [9.17, 15) is 9.59 Å². The molecule has 3 heterocycles. The van der Waals surface area contributed by atoms with Gasteiger partial charge in [-0.25, -0.2) is 0 Å². The molecule has 30 heavy (non-hydrogen) atoms. The van der Waals surface area contributed by atoms with Gasteiger partial charge in [-0.1, -0.05) is 39.0 Å². The van der Waals surface area contributed by atoms with E-state index in [0.717, 1.165) is 44.2 Å². The zero-order valence-electron chi connectivity index (χ0n) is 18.2. The summed E-state index contributed by atoms with van der Waals surface area (Å²) >= 11 is 0. The molecule has 2 aromatic rings. The number of rotatable bonds is 6. The van der Waals surface area contributed by atoms with Crippen molar-refractivity contribution in [2.75, 3.05) is 6.54 Å². The summed E-state index contributed by atoms with van der Waals surface area (Å²) in [5, 5.41) is 3.30. The Morgan fingerprint density at radius 3 is 2.57 bits per heavy atom. The van der Waals surface area contributed by atoms with Gasteiger partial charge in [-0.05, 0) is 50.5 Å². The van der Waals surface area contributed by atoms with Crippen molar-refractivity contribution in [2.45, 2.75) is 83.3 Å². The number of fused-ring (bicyclic) bond motifs is 1. The Balaban J connectivity index is 1.66. The number of nitrogens with zero attached hydrogens (tertiary/aromatic N) is 2. The van der Waals surface area contributed by atoms with Crippen LogP contribution in [0.25, 0.3) is 11.5 Å². The number of nitrogens with one attached hydrogen (secondary N) is 1. The first-order valence-electron chi connectivity index (χ1n) is 11.4. The summed E-state index contributed by atoms with van der Waals surface area (Å²) in [6.07, 6.45) is 10.3. The number of carbonyl (C=O) groups excluding carboxylic acids is 2. The van der Waals surface area contributed by atoms with E-state index in [2.05, 4.69) is 12.2 Å². The molecule has 0 spiro atoms. The van der Waals surface area contributed by atoms with Crippen molar-refractivity contribution < 1.29 is 14.0 Å². The number of unbranched alkanes of at least 4 members (excludes halogenated alkanes) is 1. The van der Waals surface area contributed by atoms with Crippen molar-refractivity contribution >= 4 is 11.8 Å². The average Bonchev–Trinajstić information content (AvgIpc) is 3.33. The molecule has 6 nitrogen and oxygen atoms in total. The first-order chi connectivity index (χ1) is 14.5. The molecule has 1 N–H and O–H groups in total. The van der Waals surface area contributed by atoms with Gasteiger partial charge in [0.1, 0.15) is 17.0 Å². The van der Waals surface area contributed by atoms with Gasteiger partial charge in [0.25, 0.3) is 5.91 Å². The Hall–Kier alpha value is -2.50. The van der Waals surface area contributed by atoms with Crippen molar-refractivity contribution in [3.63, 3.8) is 0 Å². The normalized spacial score (nSPS) is 22.6. The van der Waals surface area contributed by atoms with Crippen LogP contribution in [0, 0.1) is 0 Å². The van der Waals surface area contributed by atoms with Crippen LogP contribution in [0.2, 0.25) is 0 Å². The van der Waals surface area contributed by atoms with Crippen LogP contribution in [-0.4, -0.2) is 39.4 Å². The molecule has 2 aromatic heterocycles. The minimum atomic E-state index is -0.925. The predicted molar refractivity (Wildman–Crippen MR) is 116 cm³/mol. The van der Waals surface area contributed by atoms with Gasteiger partial charge >= 0.3 is 0 Å². The lowest BCUT2D eigenvalue weighted by atomic mass is 9.93. The quantitative estimate of drug-likeness (QED) is 0.706. The second-order valence-electron chi connectivity index (χ2n) is 8.91. The van der Waals surface area contributed by atoms with E-state index in [1.54, 1.807) is 11.2 Å². The summed E-state index contributed by atoms with van der Waals surface area (Å²) in [5.41, 5.74) is 0.538. The van der Waals surface area contributed by atoms with Gasteiger partial charge < -0.3 is 19.2 Å². The van der Waals surface area contributed by atoms with Crippen LogP contribution >= 0.6 is 0 Å². The zero-order chi connectivity index (χ0) is 21.1. The predicted octanol–water partition coefficient (Wildman–Crippen LogP) is 4.60. The van der Waals surface area contributed by atoms with Crippen LogP contribution in [0.1, 0.15) is 75.7 Å². The van der Waals surface area contributed by atoms with Gasteiger partial charge in [-0.15, -0.1) is 0 Å². The standard InChI is InChI=1S/C24H33N3O3/c1-3-4-15-27-22(28)20-14-13-19(21-12-9-16-30-21)26(20)17-24(27,2)23(29)25-18-10-7-5-6-8-11-18/h9,12-14,16,18H,3-8,10-11,15,17H2,1-2H3,(H,25,29)/t24-/m1/s1. The molecule has 4 rings (SSSR count). The summed E-state index contributed by atoms with van der Waals surface area (Å²) < 4.78 is 7.54. The maximum Gasteiger partial charge on any atom is 0.271 e. The summed E-state index contributed by atoms with van der Waals surface area (Å²) in [5.74, 6) is 0.595. The van der Waals surface area contributed by atoms with Crippen LogP contribution in [0.5, 0.6) is 0 Å². The second-order valence-corrected chi connectivity index (χ2v) is 8.91. The summed E-state index contributed by atoms with van der Waals surface area (Å²) in [4.78, 5) is 28.9. The fourth-order valence-corrected chi connectivity index (χ4v) is 4.84. The lowest BCUT2D eigenvalue weighted by molar-refractivity contribution is -0.133. The molecular formula is C24H33N3O3. The summed E-state index contributed by atoms with van der Waals surface area (Å²) in [6, 6.07) is 7.70. The summed E-state index contributed by atoms with van der Waals surface area (Å²) in [6.45, 7) is 5.04. The van der Waals surface area contributed by atoms with Crippen LogP contribution in [0.4, 0.5) is 0 Å². The molecule has 1 saturated carbocycles. The zero-order valence-corrected chi connectivity index (χ0v) is 18.2. The van der Waals surface area contributed by atoms with Crippen molar-refractivity contribution in [3.8, 4) is 11.5 Å². The van der Waals surface area contributed by atoms with E-state index in [0.29, 0.717) is 24.5 Å². The Morgan fingerprint density at radius 1 is 1.17 bits per heavy atom. The molecule has 2 aliphatic rings. The fourth-order valence-electron chi connectivity index (χ4n) is 4.84. The second kappa shape index (κ2) is 8.70. The molecule has 1 fully saturated rings. The number of hydrogen-bond acceptors (Lipinski definition) is 3. The van der Waals surface area contributed by atoms with E-state index < -0.39 is 5.54 Å². The van der Waals surface area contributed by atoms with E-state index in [-0.39, 0.29) is 17.9 Å². The van der Waals surface area contributed by atoms with Gasteiger partial charge in [0.15, 0.2) is 0 Å². The average molecular weight is 412 g/mol.